The van der Waals surface area contributed by atoms with E-state index in [2.05, 4.69) is 20.4 Å². The predicted octanol–water partition coefficient (Wildman–Crippen LogP) is 2.71. The Labute approximate surface area is 143 Å². The summed E-state index contributed by atoms with van der Waals surface area (Å²) in [7, 11) is 0. The standard InChI is InChI=1S/C17H14ClN5O/c1-10-2-3-11(8-12(10)18)16-19-5-4-13(21-16)14-9-15-17(24)20-6-7-23(15)22-14/h2-5,8-9H,6-7H2,1H3,(H,20,24). The van der Waals surface area contributed by atoms with Gasteiger partial charge >= 0.3 is 0 Å². The van der Waals surface area contributed by atoms with Crippen LogP contribution in [-0.4, -0.2) is 32.2 Å². The first-order valence-corrected chi connectivity index (χ1v) is 7.95. The van der Waals surface area contributed by atoms with E-state index in [1.165, 1.54) is 0 Å². The van der Waals surface area contributed by atoms with Gasteiger partial charge in [0.1, 0.15) is 11.4 Å². The lowest BCUT2D eigenvalue weighted by Gasteiger charge is -2.13. The number of carbonyl (C=O) groups is 1. The molecule has 0 aliphatic carbocycles. The van der Waals surface area contributed by atoms with Gasteiger partial charge in [-0.2, -0.15) is 5.10 Å². The number of aryl methyl sites for hydroxylation is 1. The quantitative estimate of drug-likeness (QED) is 0.779. The summed E-state index contributed by atoms with van der Waals surface area (Å²) in [6.45, 7) is 3.19. The van der Waals surface area contributed by atoms with Crippen LogP contribution in [0.3, 0.4) is 0 Å². The van der Waals surface area contributed by atoms with Crippen molar-refractivity contribution in [1.82, 2.24) is 25.1 Å². The maximum Gasteiger partial charge on any atom is 0.269 e. The molecule has 0 spiro atoms. The van der Waals surface area contributed by atoms with Crippen LogP contribution < -0.4 is 5.32 Å². The first kappa shape index (κ1) is 14.8. The molecule has 7 heteroatoms. The Morgan fingerprint density at radius 3 is 2.88 bits per heavy atom. The van der Waals surface area contributed by atoms with E-state index in [4.69, 9.17) is 11.6 Å². The molecule has 3 heterocycles. The normalized spacial score (nSPS) is 13.5. The van der Waals surface area contributed by atoms with Gasteiger partial charge in [-0.05, 0) is 30.7 Å². The summed E-state index contributed by atoms with van der Waals surface area (Å²) in [5.41, 5.74) is 3.73. The van der Waals surface area contributed by atoms with Crippen molar-refractivity contribution in [2.24, 2.45) is 0 Å². The molecule has 2 aromatic heterocycles. The minimum absolute atomic E-state index is 0.111. The third-order valence-electron chi connectivity index (χ3n) is 3.97. The van der Waals surface area contributed by atoms with Crippen molar-refractivity contribution in [2.45, 2.75) is 13.5 Å². The summed E-state index contributed by atoms with van der Waals surface area (Å²) >= 11 is 6.19. The van der Waals surface area contributed by atoms with Crippen molar-refractivity contribution in [3.8, 4) is 22.8 Å². The molecule has 1 N–H and O–H groups in total. The summed E-state index contributed by atoms with van der Waals surface area (Å²) < 4.78 is 1.71. The SMILES string of the molecule is Cc1ccc(-c2nccc(-c3cc4n(n3)CCNC4=O)n2)cc1Cl. The number of hydrogen-bond donors (Lipinski definition) is 1. The smallest absolute Gasteiger partial charge is 0.269 e. The fourth-order valence-electron chi connectivity index (χ4n) is 2.63. The first-order valence-electron chi connectivity index (χ1n) is 7.58. The lowest BCUT2D eigenvalue weighted by Crippen LogP contribution is -2.35. The van der Waals surface area contributed by atoms with Gasteiger partial charge in [0.2, 0.25) is 0 Å². The molecule has 6 nitrogen and oxygen atoms in total. The van der Waals surface area contributed by atoms with Crippen LogP contribution in [0, 0.1) is 6.92 Å². The Morgan fingerprint density at radius 1 is 1.21 bits per heavy atom. The van der Waals surface area contributed by atoms with Crippen LogP contribution >= 0.6 is 11.6 Å². The van der Waals surface area contributed by atoms with Gasteiger partial charge in [-0.15, -0.1) is 0 Å². The Bertz CT molecular complexity index is 950. The molecule has 1 aromatic carbocycles. The zero-order chi connectivity index (χ0) is 16.7. The highest BCUT2D eigenvalue weighted by Gasteiger charge is 2.20. The van der Waals surface area contributed by atoms with Crippen molar-refractivity contribution in [3.05, 3.63) is 52.8 Å². The number of amides is 1. The van der Waals surface area contributed by atoms with E-state index in [-0.39, 0.29) is 5.91 Å². The van der Waals surface area contributed by atoms with Crippen molar-refractivity contribution >= 4 is 17.5 Å². The van der Waals surface area contributed by atoms with Gasteiger partial charge < -0.3 is 5.32 Å². The number of nitrogens with one attached hydrogen (secondary N) is 1. The van der Waals surface area contributed by atoms with E-state index >= 15 is 0 Å². The summed E-state index contributed by atoms with van der Waals surface area (Å²) in [5, 5.41) is 7.96. The monoisotopic (exact) mass is 339 g/mol. The van der Waals surface area contributed by atoms with Gasteiger partial charge in [-0.25, -0.2) is 9.97 Å². The molecule has 24 heavy (non-hydrogen) atoms. The maximum atomic E-state index is 11.9. The van der Waals surface area contributed by atoms with Crippen molar-refractivity contribution in [3.63, 3.8) is 0 Å². The molecule has 0 bridgehead atoms. The Morgan fingerprint density at radius 2 is 2.08 bits per heavy atom. The second-order valence-corrected chi connectivity index (χ2v) is 6.03. The minimum atomic E-state index is -0.111. The molecule has 4 rings (SSSR count). The fraction of sp³-hybridized carbons (Fsp3) is 0.176. The second kappa shape index (κ2) is 5.72. The molecule has 3 aromatic rings. The van der Waals surface area contributed by atoms with E-state index in [0.717, 1.165) is 11.1 Å². The third-order valence-corrected chi connectivity index (χ3v) is 4.38. The summed E-state index contributed by atoms with van der Waals surface area (Å²) in [5.74, 6) is 0.462. The highest BCUT2D eigenvalue weighted by Crippen LogP contribution is 2.25. The number of hydrogen-bond acceptors (Lipinski definition) is 4. The van der Waals surface area contributed by atoms with Crippen LogP contribution in [0.1, 0.15) is 16.1 Å². The Kier molecular flexibility index (Phi) is 3.54. The summed E-state index contributed by atoms with van der Waals surface area (Å²) in [6.07, 6.45) is 1.68. The van der Waals surface area contributed by atoms with Gasteiger partial charge in [0.25, 0.3) is 5.91 Å². The van der Waals surface area contributed by atoms with E-state index in [0.29, 0.717) is 41.0 Å². The van der Waals surface area contributed by atoms with Crippen LogP contribution in [-0.2, 0) is 6.54 Å². The van der Waals surface area contributed by atoms with Crippen molar-refractivity contribution in [1.29, 1.82) is 0 Å². The zero-order valence-corrected chi connectivity index (χ0v) is 13.7. The molecule has 0 atom stereocenters. The van der Waals surface area contributed by atoms with Gasteiger partial charge in [0.05, 0.1) is 12.2 Å². The van der Waals surface area contributed by atoms with Gasteiger partial charge in [0.15, 0.2) is 5.82 Å². The molecule has 1 aliphatic rings. The number of rotatable bonds is 2. The van der Waals surface area contributed by atoms with E-state index < -0.39 is 0 Å². The molecule has 0 unspecified atom stereocenters. The van der Waals surface area contributed by atoms with Crippen LogP contribution in [0.15, 0.2) is 36.5 Å². The number of fused-ring (bicyclic) bond motifs is 1. The molecular weight excluding hydrogens is 326 g/mol. The highest BCUT2D eigenvalue weighted by molar-refractivity contribution is 6.31. The maximum absolute atomic E-state index is 11.9. The second-order valence-electron chi connectivity index (χ2n) is 5.62. The number of nitrogens with zero attached hydrogens (tertiary/aromatic N) is 4. The summed E-state index contributed by atoms with van der Waals surface area (Å²) in [6, 6.07) is 9.26. The summed E-state index contributed by atoms with van der Waals surface area (Å²) in [4.78, 5) is 20.8. The Balaban J connectivity index is 1.75. The van der Waals surface area contributed by atoms with Crippen LogP contribution in [0.25, 0.3) is 22.8 Å². The lowest BCUT2D eigenvalue weighted by molar-refractivity contribution is 0.0924. The molecular formula is C17H14ClN5O. The van der Waals surface area contributed by atoms with Crippen LogP contribution in [0.2, 0.25) is 5.02 Å². The lowest BCUT2D eigenvalue weighted by atomic mass is 10.1. The van der Waals surface area contributed by atoms with Crippen molar-refractivity contribution < 1.29 is 4.79 Å². The van der Waals surface area contributed by atoms with Crippen LogP contribution in [0.4, 0.5) is 0 Å². The van der Waals surface area contributed by atoms with Crippen molar-refractivity contribution in [2.75, 3.05) is 6.54 Å². The largest absolute Gasteiger partial charge is 0.349 e. The third kappa shape index (κ3) is 2.55. The molecule has 1 amide bonds. The minimum Gasteiger partial charge on any atom is -0.349 e. The average Bonchev–Trinajstić information content (AvgIpc) is 3.03. The number of benzene rings is 1. The fourth-order valence-corrected chi connectivity index (χ4v) is 2.81. The van der Waals surface area contributed by atoms with Crippen LogP contribution in [0.5, 0.6) is 0 Å². The average molecular weight is 340 g/mol. The van der Waals surface area contributed by atoms with E-state index in [1.54, 1.807) is 23.0 Å². The molecule has 0 saturated carbocycles. The molecule has 0 radical (unpaired) electrons. The molecule has 120 valence electrons. The number of halogens is 1. The zero-order valence-electron chi connectivity index (χ0n) is 13.0. The Hall–Kier alpha value is -2.73. The highest BCUT2D eigenvalue weighted by atomic mass is 35.5. The van der Waals surface area contributed by atoms with Gasteiger partial charge in [-0.3, -0.25) is 9.48 Å². The van der Waals surface area contributed by atoms with Gasteiger partial charge in [0, 0.05) is 23.3 Å². The first-order chi connectivity index (χ1) is 11.6. The van der Waals surface area contributed by atoms with E-state index in [9.17, 15) is 4.79 Å². The molecule has 1 aliphatic heterocycles. The molecule has 0 fully saturated rings. The number of carbonyl (C=O) groups excluding carboxylic acids is 1. The van der Waals surface area contributed by atoms with Gasteiger partial charge in [-0.1, -0.05) is 23.7 Å². The molecule has 0 saturated heterocycles. The topological polar surface area (TPSA) is 72.7 Å². The van der Waals surface area contributed by atoms with E-state index in [1.807, 2.05) is 25.1 Å². The predicted molar refractivity (Wildman–Crippen MR) is 90.8 cm³/mol. The number of aromatic nitrogens is 4.